The first-order chi connectivity index (χ1) is 12.7. The minimum atomic E-state index is -0.447. The number of benzene rings is 1. The normalized spacial score (nSPS) is 20.7. The van der Waals surface area contributed by atoms with Crippen LogP contribution in [0.2, 0.25) is 0 Å². The van der Waals surface area contributed by atoms with E-state index in [0.29, 0.717) is 43.4 Å². The largest absolute Gasteiger partial charge is 0.462 e. The minimum absolute atomic E-state index is 0.126. The van der Waals surface area contributed by atoms with Crippen molar-refractivity contribution in [3.63, 3.8) is 0 Å². The monoisotopic (exact) mass is 355 g/mol. The van der Waals surface area contributed by atoms with Crippen molar-refractivity contribution in [1.82, 2.24) is 15.0 Å². The fourth-order valence-corrected chi connectivity index (χ4v) is 3.36. The van der Waals surface area contributed by atoms with Crippen LogP contribution in [0.1, 0.15) is 41.3 Å². The molecule has 1 aliphatic rings. The van der Waals surface area contributed by atoms with Gasteiger partial charge in [-0.15, -0.1) is 0 Å². The second kappa shape index (κ2) is 7.41. The molecule has 1 fully saturated rings. The van der Waals surface area contributed by atoms with Crippen molar-refractivity contribution in [1.29, 1.82) is 0 Å². The van der Waals surface area contributed by atoms with E-state index in [9.17, 15) is 5.11 Å². The molecule has 0 saturated carbocycles. The number of aromatic nitrogens is 2. The molecule has 0 unspecified atom stereocenters. The van der Waals surface area contributed by atoms with Crippen molar-refractivity contribution < 1.29 is 19.2 Å². The van der Waals surface area contributed by atoms with E-state index in [1.165, 1.54) is 0 Å². The molecule has 0 amide bonds. The molecule has 7 nitrogen and oxygen atoms in total. The molecule has 3 heterocycles. The molecule has 2 N–H and O–H groups in total. The highest BCUT2D eigenvalue weighted by molar-refractivity contribution is 5.18. The highest BCUT2D eigenvalue weighted by Gasteiger charge is 2.36. The first kappa shape index (κ1) is 17.0. The summed E-state index contributed by atoms with van der Waals surface area (Å²) in [6.45, 7) is 0.896. The predicted molar refractivity (Wildman–Crippen MR) is 92.0 cm³/mol. The van der Waals surface area contributed by atoms with Crippen molar-refractivity contribution >= 4 is 0 Å². The lowest BCUT2D eigenvalue weighted by Crippen LogP contribution is -2.24. The minimum Gasteiger partial charge on any atom is -0.462 e. The van der Waals surface area contributed by atoms with E-state index in [2.05, 4.69) is 15.0 Å². The molecule has 3 aromatic rings. The fraction of sp³-hybridized carbons (Fsp3) is 0.368. The Balaban J connectivity index is 1.48. The van der Waals surface area contributed by atoms with Crippen molar-refractivity contribution in [3.05, 3.63) is 71.3 Å². The van der Waals surface area contributed by atoms with E-state index in [0.717, 1.165) is 11.3 Å². The van der Waals surface area contributed by atoms with Gasteiger partial charge in [-0.1, -0.05) is 35.5 Å². The van der Waals surface area contributed by atoms with E-state index < -0.39 is 6.10 Å². The summed E-state index contributed by atoms with van der Waals surface area (Å²) in [7, 11) is 0. The van der Waals surface area contributed by atoms with Crippen LogP contribution in [0, 0.1) is 0 Å². The zero-order valence-corrected chi connectivity index (χ0v) is 14.3. The van der Waals surface area contributed by atoms with Crippen LogP contribution in [0.15, 0.2) is 51.4 Å². The van der Waals surface area contributed by atoms with E-state index in [4.69, 9.17) is 14.0 Å². The summed E-state index contributed by atoms with van der Waals surface area (Å²) in [6.07, 6.45) is 0.704. The van der Waals surface area contributed by atoms with Gasteiger partial charge in [-0.2, -0.15) is 4.98 Å². The van der Waals surface area contributed by atoms with Gasteiger partial charge >= 0.3 is 0 Å². The fourth-order valence-electron chi connectivity index (χ4n) is 3.36. The number of aliphatic hydroxyl groups is 2. The zero-order valence-electron chi connectivity index (χ0n) is 14.3. The topological polar surface area (TPSA) is 95.8 Å². The maximum Gasteiger partial charge on any atom is 0.244 e. The molecule has 0 spiro atoms. The summed E-state index contributed by atoms with van der Waals surface area (Å²) >= 11 is 0. The zero-order chi connectivity index (χ0) is 17.9. The van der Waals surface area contributed by atoms with Crippen LogP contribution >= 0.6 is 0 Å². The molecule has 2 atom stereocenters. The summed E-state index contributed by atoms with van der Waals surface area (Å²) < 4.78 is 11.0. The standard InChI is InChI=1S/C19H21N3O4/c23-12-16-7-6-15(25-16)11-22-10-14(24)9-17(22)19-20-18(21-26-19)8-13-4-2-1-3-5-13/h1-7,14,17,23-24H,8-12H2/t14-,17+/m1/s1. The van der Waals surface area contributed by atoms with Gasteiger partial charge in [-0.05, 0) is 24.1 Å². The highest BCUT2D eigenvalue weighted by Crippen LogP contribution is 2.33. The third-order valence-corrected chi connectivity index (χ3v) is 4.59. The van der Waals surface area contributed by atoms with Gasteiger partial charge in [0.05, 0.1) is 18.7 Å². The molecule has 1 aromatic carbocycles. The van der Waals surface area contributed by atoms with Crippen LogP contribution in [0.5, 0.6) is 0 Å². The van der Waals surface area contributed by atoms with Gasteiger partial charge in [0, 0.05) is 13.0 Å². The van der Waals surface area contributed by atoms with Crippen LogP contribution in [-0.4, -0.2) is 37.9 Å². The molecule has 26 heavy (non-hydrogen) atoms. The number of hydrogen-bond donors (Lipinski definition) is 2. The Hall–Kier alpha value is -2.48. The molecule has 4 rings (SSSR count). The number of likely N-dealkylation sites (tertiary alicyclic amines) is 1. The number of rotatable bonds is 6. The Morgan fingerprint density at radius 3 is 2.69 bits per heavy atom. The number of furan rings is 1. The average Bonchev–Trinajstić information content (AvgIpc) is 3.36. The summed E-state index contributed by atoms with van der Waals surface area (Å²) in [5.41, 5.74) is 1.12. The second-order valence-electron chi connectivity index (χ2n) is 6.57. The van der Waals surface area contributed by atoms with Crippen LogP contribution in [0.25, 0.3) is 0 Å². The molecule has 0 bridgehead atoms. The van der Waals surface area contributed by atoms with Gasteiger partial charge in [0.15, 0.2) is 5.82 Å². The molecule has 136 valence electrons. The SMILES string of the molecule is OCc1ccc(CN2C[C@H](O)C[C@H]2c2nc(Cc3ccccc3)no2)o1. The molecular formula is C19H21N3O4. The first-order valence-corrected chi connectivity index (χ1v) is 8.68. The molecule has 1 saturated heterocycles. The van der Waals surface area contributed by atoms with Crippen LogP contribution in [-0.2, 0) is 19.6 Å². The molecule has 7 heteroatoms. The number of hydrogen-bond acceptors (Lipinski definition) is 7. The molecule has 1 aliphatic heterocycles. The lowest BCUT2D eigenvalue weighted by atomic mass is 10.1. The van der Waals surface area contributed by atoms with E-state index in [1.54, 1.807) is 6.07 Å². The van der Waals surface area contributed by atoms with Crippen molar-refractivity contribution in [3.8, 4) is 0 Å². The Labute approximate surface area is 150 Å². The smallest absolute Gasteiger partial charge is 0.244 e. The third-order valence-electron chi connectivity index (χ3n) is 4.59. The predicted octanol–water partition coefficient (Wildman–Crippen LogP) is 2.05. The lowest BCUT2D eigenvalue weighted by Gasteiger charge is -2.19. The first-order valence-electron chi connectivity index (χ1n) is 8.68. The Morgan fingerprint density at radius 1 is 1.12 bits per heavy atom. The van der Waals surface area contributed by atoms with E-state index in [1.807, 2.05) is 36.4 Å². The Morgan fingerprint density at radius 2 is 1.92 bits per heavy atom. The summed E-state index contributed by atoms with van der Waals surface area (Å²) in [4.78, 5) is 6.59. The van der Waals surface area contributed by atoms with Crippen molar-refractivity contribution in [2.75, 3.05) is 6.54 Å². The van der Waals surface area contributed by atoms with Gasteiger partial charge in [0.25, 0.3) is 0 Å². The Bertz CT molecular complexity index is 845. The third kappa shape index (κ3) is 3.70. The van der Waals surface area contributed by atoms with Crippen molar-refractivity contribution in [2.24, 2.45) is 0 Å². The average molecular weight is 355 g/mol. The highest BCUT2D eigenvalue weighted by atomic mass is 16.5. The molecule has 0 radical (unpaired) electrons. The molecule has 0 aliphatic carbocycles. The summed E-state index contributed by atoms with van der Waals surface area (Å²) in [5.74, 6) is 2.41. The number of aliphatic hydroxyl groups excluding tert-OH is 2. The summed E-state index contributed by atoms with van der Waals surface area (Å²) in [6, 6.07) is 13.4. The second-order valence-corrected chi connectivity index (χ2v) is 6.57. The lowest BCUT2D eigenvalue weighted by molar-refractivity contribution is 0.160. The number of β-amino-alcohol motifs (C(OH)–C–C–N with tert-alkyl or cyclic N) is 1. The van der Waals surface area contributed by atoms with Gasteiger partial charge < -0.3 is 19.2 Å². The van der Waals surface area contributed by atoms with E-state index >= 15 is 0 Å². The van der Waals surface area contributed by atoms with Gasteiger partial charge in [0.2, 0.25) is 5.89 Å². The van der Waals surface area contributed by atoms with Gasteiger partial charge in [-0.25, -0.2) is 0 Å². The maximum atomic E-state index is 10.1. The van der Waals surface area contributed by atoms with Gasteiger partial charge in [0.1, 0.15) is 18.1 Å². The molecular weight excluding hydrogens is 334 g/mol. The number of nitrogens with zero attached hydrogens (tertiary/aromatic N) is 3. The quantitative estimate of drug-likeness (QED) is 0.698. The van der Waals surface area contributed by atoms with Crippen LogP contribution in [0.3, 0.4) is 0 Å². The van der Waals surface area contributed by atoms with Crippen LogP contribution < -0.4 is 0 Å². The van der Waals surface area contributed by atoms with E-state index in [-0.39, 0.29) is 12.6 Å². The molecule has 2 aromatic heterocycles. The summed E-state index contributed by atoms with van der Waals surface area (Å²) in [5, 5.41) is 23.3. The Kier molecular flexibility index (Phi) is 4.83. The van der Waals surface area contributed by atoms with Crippen LogP contribution in [0.4, 0.5) is 0 Å². The van der Waals surface area contributed by atoms with Gasteiger partial charge in [-0.3, -0.25) is 4.90 Å². The maximum absolute atomic E-state index is 10.1. The van der Waals surface area contributed by atoms with Crippen molar-refractivity contribution in [2.45, 2.75) is 38.1 Å².